The summed E-state index contributed by atoms with van der Waals surface area (Å²) in [5.74, 6) is 0.147. The lowest BCUT2D eigenvalue weighted by Crippen LogP contribution is -2.33. The fourth-order valence-corrected chi connectivity index (χ4v) is 2.91. The van der Waals surface area contributed by atoms with Gasteiger partial charge in [0.2, 0.25) is 5.91 Å². The molecule has 2 fully saturated rings. The summed E-state index contributed by atoms with van der Waals surface area (Å²) in [6.45, 7) is 0. The molecule has 0 aromatic heterocycles. The second-order valence-electron chi connectivity index (χ2n) is 6.08. The molecule has 1 aromatic rings. The molecule has 3 rings (SSSR count). The van der Waals surface area contributed by atoms with E-state index in [2.05, 4.69) is 17.4 Å². The minimum Gasteiger partial charge on any atom is -0.353 e. The third kappa shape index (κ3) is 2.98. The zero-order chi connectivity index (χ0) is 13.3. The molecule has 0 heterocycles. The molecule has 0 unspecified atom stereocenters. The van der Waals surface area contributed by atoms with Crippen LogP contribution in [0.4, 0.5) is 0 Å². The maximum absolute atomic E-state index is 11.9. The first kappa shape index (κ1) is 12.7. The zero-order valence-corrected chi connectivity index (χ0v) is 11.3. The number of hydrogen-bond donors (Lipinski definition) is 2. The summed E-state index contributed by atoms with van der Waals surface area (Å²) >= 11 is 0. The Labute approximate surface area is 114 Å². The summed E-state index contributed by atoms with van der Waals surface area (Å²) in [6, 6.07) is 8.63. The van der Waals surface area contributed by atoms with E-state index in [9.17, 15) is 4.79 Å². The van der Waals surface area contributed by atoms with Crippen LogP contribution in [0.5, 0.6) is 0 Å². The van der Waals surface area contributed by atoms with E-state index in [-0.39, 0.29) is 11.4 Å². The third-order valence-electron chi connectivity index (χ3n) is 4.40. The van der Waals surface area contributed by atoms with Gasteiger partial charge in [0.25, 0.3) is 0 Å². The van der Waals surface area contributed by atoms with Crippen molar-refractivity contribution in [2.24, 2.45) is 5.73 Å². The molecule has 0 spiro atoms. The smallest absolute Gasteiger partial charge is 0.224 e. The molecule has 0 atom stereocenters. The number of nitrogens with two attached hydrogens (primary N) is 1. The van der Waals surface area contributed by atoms with Gasteiger partial charge in [0.05, 0.1) is 6.42 Å². The van der Waals surface area contributed by atoms with Gasteiger partial charge in [-0.25, -0.2) is 0 Å². The van der Waals surface area contributed by atoms with Crippen LogP contribution in [-0.2, 0) is 16.8 Å². The van der Waals surface area contributed by atoms with Crippen molar-refractivity contribution in [3.8, 4) is 0 Å². The van der Waals surface area contributed by atoms with Crippen LogP contribution in [0.1, 0.15) is 49.7 Å². The van der Waals surface area contributed by atoms with Gasteiger partial charge in [0.1, 0.15) is 0 Å². The topological polar surface area (TPSA) is 55.1 Å². The van der Waals surface area contributed by atoms with Crippen LogP contribution in [0.3, 0.4) is 0 Å². The number of carbonyl (C=O) groups excluding carboxylic acids is 1. The van der Waals surface area contributed by atoms with Gasteiger partial charge < -0.3 is 11.1 Å². The van der Waals surface area contributed by atoms with E-state index in [1.807, 2.05) is 12.1 Å². The predicted molar refractivity (Wildman–Crippen MR) is 75.6 cm³/mol. The highest BCUT2D eigenvalue weighted by Gasteiger charge is 2.39. The maximum atomic E-state index is 11.9. The highest BCUT2D eigenvalue weighted by molar-refractivity contribution is 5.78. The number of rotatable bonds is 4. The van der Waals surface area contributed by atoms with Gasteiger partial charge in [-0.15, -0.1) is 0 Å². The van der Waals surface area contributed by atoms with Crippen LogP contribution >= 0.6 is 0 Å². The maximum Gasteiger partial charge on any atom is 0.224 e. The van der Waals surface area contributed by atoms with E-state index in [0.29, 0.717) is 12.5 Å². The van der Waals surface area contributed by atoms with Gasteiger partial charge in [0.15, 0.2) is 0 Å². The number of benzene rings is 1. The van der Waals surface area contributed by atoms with Crippen LogP contribution in [-0.4, -0.2) is 11.9 Å². The van der Waals surface area contributed by atoms with Crippen molar-refractivity contribution in [1.82, 2.24) is 5.32 Å². The van der Waals surface area contributed by atoms with E-state index >= 15 is 0 Å². The first-order chi connectivity index (χ1) is 9.16. The second-order valence-corrected chi connectivity index (χ2v) is 6.08. The average molecular weight is 258 g/mol. The Hall–Kier alpha value is -1.35. The Morgan fingerprint density at radius 3 is 2.42 bits per heavy atom. The molecule has 1 aromatic carbocycles. The second kappa shape index (κ2) is 4.97. The highest BCUT2D eigenvalue weighted by Crippen LogP contribution is 2.42. The number of hydrogen-bond acceptors (Lipinski definition) is 2. The molecular formula is C16H22N2O. The summed E-state index contributed by atoms with van der Waals surface area (Å²) in [4.78, 5) is 11.9. The summed E-state index contributed by atoms with van der Waals surface area (Å²) in [6.07, 6.45) is 7.41. The number of nitrogens with one attached hydrogen (secondary N) is 1. The van der Waals surface area contributed by atoms with Crippen molar-refractivity contribution in [3.05, 3.63) is 35.4 Å². The van der Waals surface area contributed by atoms with E-state index < -0.39 is 0 Å². The standard InChI is InChI=1S/C16H22N2O/c17-16(9-10-16)13-7-5-12(6-8-13)11-15(19)18-14-3-1-2-4-14/h5-8,14H,1-4,9-11,17H2,(H,18,19). The Bertz CT molecular complexity index is 456. The van der Waals surface area contributed by atoms with Crippen molar-refractivity contribution >= 4 is 5.91 Å². The van der Waals surface area contributed by atoms with Gasteiger partial charge in [-0.05, 0) is 36.8 Å². The van der Waals surface area contributed by atoms with E-state index in [0.717, 1.165) is 31.2 Å². The average Bonchev–Trinajstić information content (AvgIpc) is 2.94. The lowest BCUT2D eigenvalue weighted by atomic mass is 10.0. The molecule has 2 aliphatic carbocycles. The first-order valence-corrected chi connectivity index (χ1v) is 7.33. The van der Waals surface area contributed by atoms with Crippen LogP contribution in [0.2, 0.25) is 0 Å². The Morgan fingerprint density at radius 1 is 1.21 bits per heavy atom. The Balaban J connectivity index is 1.55. The third-order valence-corrected chi connectivity index (χ3v) is 4.40. The summed E-state index contributed by atoms with van der Waals surface area (Å²) in [7, 11) is 0. The molecule has 2 saturated carbocycles. The predicted octanol–water partition coefficient (Wildman–Crippen LogP) is 2.24. The molecule has 19 heavy (non-hydrogen) atoms. The Morgan fingerprint density at radius 2 is 1.84 bits per heavy atom. The van der Waals surface area contributed by atoms with Gasteiger partial charge in [0, 0.05) is 11.6 Å². The number of amides is 1. The molecule has 3 heteroatoms. The lowest BCUT2D eigenvalue weighted by Gasteiger charge is -2.13. The molecule has 1 amide bonds. The van der Waals surface area contributed by atoms with Gasteiger partial charge in [-0.1, -0.05) is 37.1 Å². The van der Waals surface area contributed by atoms with Gasteiger partial charge in [-0.2, -0.15) is 0 Å². The molecule has 102 valence electrons. The van der Waals surface area contributed by atoms with Crippen LogP contribution < -0.4 is 11.1 Å². The molecule has 0 bridgehead atoms. The van der Waals surface area contributed by atoms with Gasteiger partial charge >= 0.3 is 0 Å². The van der Waals surface area contributed by atoms with Crippen molar-refractivity contribution in [2.75, 3.05) is 0 Å². The lowest BCUT2D eigenvalue weighted by molar-refractivity contribution is -0.121. The normalized spacial score (nSPS) is 21.3. The Kier molecular flexibility index (Phi) is 3.31. The SMILES string of the molecule is NC1(c2ccc(CC(=O)NC3CCCC3)cc2)CC1. The van der Waals surface area contributed by atoms with Crippen molar-refractivity contribution in [3.63, 3.8) is 0 Å². The molecular weight excluding hydrogens is 236 g/mol. The fraction of sp³-hybridized carbons (Fsp3) is 0.562. The van der Waals surface area contributed by atoms with E-state index in [1.54, 1.807) is 0 Å². The largest absolute Gasteiger partial charge is 0.353 e. The molecule has 3 nitrogen and oxygen atoms in total. The van der Waals surface area contributed by atoms with Crippen LogP contribution in [0, 0.1) is 0 Å². The molecule has 0 aliphatic heterocycles. The highest BCUT2D eigenvalue weighted by atomic mass is 16.1. The molecule has 0 radical (unpaired) electrons. The molecule has 3 N–H and O–H groups in total. The van der Waals surface area contributed by atoms with Crippen molar-refractivity contribution < 1.29 is 4.79 Å². The first-order valence-electron chi connectivity index (χ1n) is 7.33. The minimum atomic E-state index is -0.0787. The fourth-order valence-electron chi connectivity index (χ4n) is 2.91. The summed E-state index contributed by atoms with van der Waals surface area (Å²) in [5, 5.41) is 3.12. The van der Waals surface area contributed by atoms with Crippen LogP contribution in [0.15, 0.2) is 24.3 Å². The van der Waals surface area contributed by atoms with E-state index in [4.69, 9.17) is 5.73 Å². The van der Waals surface area contributed by atoms with Crippen molar-refractivity contribution in [2.45, 2.75) is 56.5 Å². The minimum absolute atomic E-state index is 0.0787. The quantitative estimate of drug-likeness (QED) is 0.870. The molecule has 0 saturated heterocycles. The van der Waals surface area contributed by atoms with Gasteiger partial charge in [-0.3, -0.25) is 4.79 Å². The van der Waals surface area contributed by atoms with Crippen LogP contribution in [0.25, 0.3) is 0 Å². The monoisotopic (exact) mass is 258 g/mol. The van der Waals surface area contributed by atoms with Crippen molar-refractivity contribution in [1.29, 1.82) is 0 Å². The number of carbonyl (C=O) groups is 1. The molecule has 2 aliphatic rings. The van der Waals surface area contributed by atoms with E-state index in [1.165, 1.54) is 18.4 Å². The summed E-state index contributed by atoms with van der Waals surface area (Å²) < 4.78 is 0. The summed E-state index contributed by atoms with van der Waals surface area (Å²) in [5.41, 5.74) is 8.34. The zero-order valence-electron chi connectivity index (χ0n) is 11.3.